The van der Waals surface area contributed by atoms with E-state index in [0.29, 0.717) is 16.6 Å². The lowest BCUT2D eigenvalue weighted by molar-refractivity contribution is -0.115. The third-order valence-corrected chi connectivity index (χ3v) is 3.81. The summed E-state index contributed by atoms with van der Waals surface area (Å²) in [4.78, 5) is 28.8. The summed E-state index contributed by atoms with van der Waals surface area (Å²) in [5, 5.41) is 6.42. The van der Waals surface area contributed by atoms with E-state index in [1.54, 1.807) is 22.8 Å². The Morgan fingerprint density at radius 3 is 3.09 bits per heavy atom. The Labute approximate surface area is 128 Å². The van der Waals surface area contributed by atoms with E-state index in [1.165, 1.54) is 0 Å². The van der Waals surface area contributed by atoms with Crippen LogP contribution >= 0.6 is 0 Å². The maximum atomic E-state index is 12.5. The van der Waals surface area contributed by atoms with Crippen molar-refractivity contribution in [2.75, 3.05) is 18.4 Å². The quantitative estimate of drug-likeness (QED) is 0.816. The van der Waals surface area contributed by atoms with Crippen LogP contribution in [0.1, 0.15) is 25.6 Å². The largest absolute Gasteiger partial charge is 0.325 e. The van der Waals surface area contributed by atoms with Crippen LogP contribution in [-0.4, -0.2) is 28.5 Å². The third-order valence-electron chi connectivity index (χ3n) is 3.81. The zero-order valence-electron chi connectivity index (χ0n) is 12.7. The minimum atomic E-state index is -0.109. The van der Waals surface area contributed by atoms with Crippen LogP contribution in [0.4, 0.5) is 5.69 Å². The van der Waals surface area contributed by atoms with Gasteiger partial charge in [-0.3, -0.25) is 14.2 Å². The number of rotatable bonds is 5. The number of nitrogens with one attached hydrogen (secondary N) is 2. The van der Waals surface area contributed by atoms with Crippen LogP contribution < -0.4 is 16.2 Å². The minimum absolute atomic E-state index is 0.0160. The number of amides is 1. The number of hydrogen-bond acceptors (Lipinski definition) is 4. The highest BCUT2D eigenvalue weighted by atomic mass is 16.2. The second-order valence-corrected chi connectivity index (χ2v) is 5.55. The lowest BCUT2D eigenvalue weighted by Crippen LogP contribution is -2.28. The van der Waals surface area contributed by atoms with Gasteiger partial charge in [-0.2, -0.15) is 0 Å². The number of carbonyl (C=O) groups is 1. The molecular weight excluding hydrogens is 280 g/mol. The van der Waals surface area contributed by atoms with Crippen molar-refractivity contribution in [3.05, 3.63) is 34.4 Å². The molecule has 0 fully saturated rings. The van der Waals surface area contributed by atoms with Gasteiger partial charge in [-0.25, -0.2) is 4.98 Å². The molecule has 6 heteroatoms. The van der Waals surface area contributed by atoms with Crippen molar-refractivity contribution in [3.63, 3.8) is 0 Å². The molecule has 22 heavy (non-hydrogen) atoms. The van der Waals surface area contributed by atoms with Crippen molar-refractivity contribution in [2.24, 2.45) is 0 Å². The van der Waals surface area contributed by atoms with E-state index in [9.17, 15) is 9.59 Å². The van der Waals surface area contributed by atoms with Crippen molar-refractivity contribution in [1.82, 2.24) is 14.9 Å². The molecule has 2 N–H and O–H groups in total. The van der Waals surface area contributed by atoms with Gasteiger partial charge in [0.05, 0.1) is 17.4 Å². The Kier molecular flexibility index (Phi) is 4.20. The molecule has 1 amide bonds. The molecule has 3 rings (SSSR count). The molecule has 0 bridgehead atoms. The summed E-state index contributed by atoms with van der Waals surface area (Å²) in [5.74, 6) is 0.750. The monoisotopic (exact) mass is 300 g/mol. The van der Waals surface area contributed by atoms with Gasteiger partial charge in [0.15, 0.2) is 0 Å². The average molecular weight is 300 g/mol. The van der Waals surface area contributed by atoms with Gasteiger partial charge in [0.2, 0.25) is 5.91 Å². The first kappa shape index (κ1) is 14.7. The lowest BCUT2D eigenvalue weighted by Gasteiger charge is -2.08. The fourth-order valence-corrected chi connectivity index (χ4v) is 2.75. The number of hydrogen-bond donors (Lipinski definition) is 2. The topological polar surface area (TPSA) is 76.0 Å². The summed E-state index contributed by atoms with van der Waals surface area (Å²) in [7, 11) is 0. The summed E-state index contributed by atoms with van der Waals surface area (Å²) in [6.07, 6.45) is 2.80. The van der Waals surface area contributed by atoms with E-state index in [2.05, 4.69) is 15.6 Å². The second-order valence-electron chi connectivity index (χ2n) is 5.55. The molecule has 116 valence electrons. The number of aryl methyl sites for hydroxylation is 1. The Hall–Kier alpha value is -2.21. The summed E-state index contributed by atoms with van der Waals surface area (Å²) < 4.78 is 1.73. The lowest BCUT2D eigenvalue weighted by atomic mass is 10.2. The number of aromatic nitrogens is 2. The zero-order valence-corrected chi connectivity index (χ0v) is 12.7. The molecule has 1 aromatic carbocycles. The summed E-state index contributed by atoms with van der Waals surface area (Å²) in [6.45, 7) is 3.86. The van der Waals surface area contributed by atoms with Gasteiger partial charge in [0.25, 0.3) is 5.56 Å². The predicted octanol–water partition coefficient (Wildman–Crippen LogP) is 1.28. The van der Waals surface area contributed by atoms with E-state index in [4.69, 9.17) is 0 Å². The normalized spacial score (nSPS) is 13.3. The van der Waals surface area contributed by atoms with Crippen molar-refractivity contribution in [1.29, 1.82) is 0 Å². The van der Waals surface area contributed by atoms with Crippen LogP contribution in [0.2, 0.25) is 0 Å². The van der Waals surface area contributed by atoms with E-state index in [-0.39, 0.29) is 18.0 Å². The molecule has 0 spiro atoms. The van der Waals surface area contributed by atoms with E-state index in [1.807, 2.05) is 6.92 Å². The maximum Gasteiger partial charge on any atom is 0.261 e. The third kappa shape index (κ3) is 2.87. The van der Waals surface area contributed by atoms with Gasteiger partial charge in [-0.05, 0) is 37.6 Å². The SMILES string of the molecule is CCCNCC(=O)Nc1ccc2nc3n(c(=O)c2c1)CCC3. The molecule has 0 unspecified atom stereocenters. The first-order chi connectivity index (χ1) is 10.7. The van der Waals surface area contributed by atoms with Crippen LogP contribution in [0.5, 0.6) is 0 Å². The number of carbonyl (C=O) groups excluding carboxylic acids is 1. The fraction of sp³-hybridized carbons (Fsp3) is 0.438. The van der Waals surface area contributed by atoms with E-state index in [0.717, 1.165) is 38.2 Å². The Balaban J connectivity index is 1.84. The molecule has 0 radical (unpaired) electrons. The van der Waals surface area contributed by atoms with Crippen molar-refractivity contribution in [3.8, 4) is 0 Å². The molecule has 0 saturated carbocycles. The summed E-state index contributed by atoms with van der Waals surface area (Å²) in [6, 6.07) is 5.30. The van der Waals surface area contributed by atoms with Gasteiger partial charge in [-0.1, -0.05) is 6.92 Å². The van der Waals surface area contributed by atoms with Gasteiger partial charge < -0.3 is 10.6 Å². The summed E-state index contributed by atoms with van der Waals surface area (Å²) >= 11 is 0. The standard InChI is InChI=1S/C16H20N4O2/c1-2-7-17-10-15(21)18-11-5-6-13-12(9-11)16(22)20-8-3-4-14(20)19-13/h5-6,9,17H,2-4,7-8,10H2,1H3,(H,18,21). The molecule has 1 aliphatic heterocycles. The zero-order chi connectivity index (χ0) is 15.5. The molecule has 1 aromatic heterocycles. The van der Waals surface area contributed by atoms with Crippen molar-refractivity contribution < 1.29 is 4.79 Å². The van der Waals surface area contributed by atoms with Crippen LogP contribution in [0.25, 0.3) is 10.9 Å². The molecule has 0 saturated heterocycles. The number of benzene rings is 1. The maximum absolute atomic E-state index is 12.5. The Bertz CT molecular complexity index is 767. The molecule has 0 atom stereocenters. The van der Waals surface area contributed by atoms with Gasteiger partial charge in [0, 0.05) is 18.7 Å². The predicted molar refractivity (Wildman–Crippen MR) is 86.1 cm³/mol. The molecule has 6 nitrogen and oxygen atoms in total. The number of fused-ring (bicyclic) bond motifs is 2. The van der Waals surface area contributed by atoms with Crippen molar-refractivity contribution in [2.45, 2.75) is 32.7 Å². The smallest absolute Gasteiger partial charge is 0.261 e. The van der Waals surface area contributed by atoms with Crippen molar-refractivity contribution >= 4 is 22.5 Å². The molecule has 0 aliphatic carbocycles. The van der Waals surface area contributed by atoms with E-state index < -0.39 is 0 Å². The number of nitrogens with zero attached hydrogens (tertiary/aromatic N) is 2. The van der Waals surface area contributed by atoms with Gasteiger partial charge in [0.1, 0.15) is 5.82 Å². The summed E-state index contributed by atoms with van der Waals surface area (Å²) in [5.41, 5.74) is 1.31. The minimum Gasteiger partial charge on any atom is -0.325 e. The van der Waals surface area contributed by atoms with E-state index >= 15 is 0 Å². The average Bonchev–Trinajstić information content (AvgIpc) is 2.97. The highest BCUT2D eigenvalue weighted by Crippen LogP contribution is 2.18. The highest BCUT2D eigenvalue weighted by Gasteiger charge is 2.16. The first-order valence-corrected chi connectivity index (χ1v) is 7.73. The van der Waals surface area contributed by atoms with Crippen LogP contribution in [0, 0.1) is 0 Å². The van der Waals surface area contributed by atoms with Crippen LogP contribution in [0.3, 0.4) is 0 Å². The van der Waals surface area contributed by atoms with Gasteiger partial charge in [-0.15, -0.1) is 0 Å². The second kappa shape index (κ2) is 6.27. The first-order valence-electron chi connectivity index (χ1n) is 7.73. The van der Waals surface area contributed by atoms with Crippen LogP contribution in [0.15, 0.2) is 23.0 Å². The molecular formula is C16H20N4O2. The highest BCUT2D eigenvalue weighted by molar-refractivity contribution is 5.94. The van der Waals surface area contributed by atoms with Crippen LogP contribution in [-0.2, 0) is 17.8 Å². The Morgan fingerprint density at radius 2 is 2.27 bits per heavy atom. The number of anilines is 1. The fourth-order valence-electron chi connectivity index (χ4n) is 2.75. The Morgan fingerprint density at radius 1 is 1.41 bits per heavy atom. The molecule has 2 heterocycles. The molecule has 2 aromatic rings. The van der Waals surface area contributed by atoms with Gasteiger partial charge >= 0.3 is 0 Å². The molecule has 1 aliphatic rings.